The molecule has 2 aromatic carbocycles. The van der Waals surface area contributed by atoms with Gasteiger partial charge in [-0.05, 0) is 55.5 Å². The molecule has 1 aliphatic carbocycles. The Hall–Kier alpha value is -2.70. The third-order valence-corrected chi connectivity index (χ3v) is 5.82. The number of hydrogen-bond acceptors (Lipinski definition) is 5. The summed E-state index contributed by atoms with van der Waals surface area (Å²) in [6.07, 6.45) is 3.02. The van der Waals surface area contributed by atoms with Gasteiger partial charge in [-0.1, -0.05) is 12.1 Å². The van der Waals surface area contributed by atoms with Gasteiger partial charge in [-0.15, -0.1) is 0 Å². The van der Waals surface area contributed by atoms with Gasteiger partial charge >= 0.3 is 0 Å². The first-order chi connectivity index (χ1) is 14.1. The van der Waals surface area contributed by atoms with Crippen molar-refractivity contribution in [3.8, 4) is 5.75 Å². The lowest BCUT2D eigenvalue weighted by Crippen LogP contribution is -2.47. The van der Waals surface area contributed by atoms with Crippen molar-refractivity contribution in [2.45, 2.75) is 25.0 Å². The minimum atomic E-state index is -1.43. The van der Waals surface area contributed by atoms with E-state index in [1.165, 1.54) is 0 Å². The highest BCUT2D eigenvalue weighted by Crippen LogP contribution is 2.47. The molecule has 0 unspecified atom stereocenters. The number of methoxy groups -OCH3 is 1. The number of nitrogens with zero attached hydrogens (tertiary/aromatic N) is 1. The Kier molecular flexibility index (Phi) is 4.41. The van der Waals surface area contributed by atoms with Crippen molar-refractivity contribution in [1.82, 2.24) is 0 Å². The quantitative estimate of drug-likeness (QED) is 0.730. The summed E-state index contributed by atoms with van der Waals surface area (Å²) in [4.78, 5) is 28.3. The first kappa shape index (κ1) is 18.3. The first-order valence-corrected chi connectivity index (χ1v) is 10.1. The summed E-state index contributed by atoms with van der Waals surface area (Å²) in [6, 6.07) is 12.5. The normalized spacial score (nSPS) is 20.0. The van der Waals surface area contributed by atoms with Gasteiger partial charge in [0.1, 0.15) is 5.75 Å². The molecule has 1 spiro atoms. The fraction of sp³-hybridized carbons (Fsp3) is 0.391. The molecule has 6 nitrogen and oxygen atoms in total. The van der Waals surface area contributed by atoms with Crippen LogP contribution in [0.1, 0.15) is 40.7 Å². The minimum absolute atomic E-state index is 0.163. The molecule has 2 heterocycles. The highest BCUT2D eigenvalue weighted by molar-refractivity contribution is 6.12. The standard InChI is InChI=1S/C23H23NO5/c1-27-20-6-3-2-5-17(20)21(25)16-9-10-19-18(13-16)23(28-11-4-12-29-23)22(26)24(19)14-15-7-8-15/h2-3,5-6,9-10,13,15H,4,7-8,11-12,14H2,1H3. The highest BCUT2D eigenvalue weighted by atomic mass is 16.7. The summed E-state index contributed by atoms with van der Waals surface area (Å²) >= 11 is 0. The third-order valence-electron chi connectivity index (χ3n) is 5.82. The van der Waals surface area contributed by atoms with E-state index in [9.17, 15) is 9.59 Å². The molecule has 0 bridgehead atoms. The fourth-order valence-corrected chi connectivity index (χ4v) is 4.12. The zero-order valence-electron chi connectivity index (χ0n) is 16.3. The Morgan fingerprint density at radius 2 is 1.93 bits per heavy atom. The molecule has 0 radical (unpaired) electrons. The maximum Gasteiger partial charge on any atom is 0.292 e. The van der Waals surface area contributed by atoms with Crippen LogP contribution >= 0.6 is 0 Å². The Morgan fingerprint density at radius 3 is 2.66 bits per heavy atom. The van der Waals surface area contributed by atoms with E-state index in [-0.39, 0.29) is 11.7 Å². The molecule has 150 valence electrons. The van der Waals surface area contributed by atoms with E-state index < -0.39 is 5.79 Å². The van der Waals surface area contributed by atoms with Crippen LogP contribution in [0.3, 0.4) is 0 Å². The lowest BCUT2D eigenvalue weighted by Gasteiger charge is -2.32. The van der Waals surface area contributed by atoms with Crippen LogP contribution in [0.15, 0.2) is 42.5 Å². The van der Waals surface area contributed by atoms with Crippen LogP contribution in [0.2, 0.25) is 0 Å². The number of anilines is 1. The van der Waals surface area contributed by atoms with E-state index in [1.54, 1.807) is 42.3 Å². The van der Waals surface area contributed by atoms with Gasteiger partial charge in [0.25, 0.3) is 11.7 Å². The number of amides is 1. The Morgan fingerprint density at radius 1 is 1.17 bits per heavy atom. The zero-order chi connectivity index (χ0) is 20.0. The van der Waals surface area contributed by atoms with Gasteiger partial charge in [-0.3, -0.25) is 9.59 Å². The number of benzene rings is 2. The number of carbonyl (C=O) groups is 2. The van der Waals surface area contributed by atoms with E-state index in [4.69, 9.17) is 14.2 Å². The summed E-state index contributed by atoms with van der Waals surface area (Å²) in [5, 5.41) is 0. The Bertz CT molecular complexity index is 975. The molecular formula is C23H23NO5. The van der Waals surface area contributed by atoms with Crippen molar-refractivity contribution < 1.29 is 23.8 Å². The molecule has 1 amide bonds. The summed E-state index contributed by atoms with van der Waals surface area (Å²) < 4.78 is 17.2. The summed E-state index contributed by atoms with van der Waals surface area (Å²) in [5.41, 5.74) is 2.36. The topological polar surface area (TPSA) is 65.1 Å². The lowest BCUT2D eigenvalue weighted by atomic mass is 9.97. The monoisotopic (exact) mass is 393 g/mol. The SMILES string of the molecule is COc1ccccc1C(=O)c1ccc2c(c1)C1(OCCCO1)C(=O)N2CC1CC1. The highest BCUT2D eigenvalue weighted by Gasteiger charge is 2.55. The molecular weight excluding hydrogens is 370 g/mol. The second-order valence-electron chi connectivity index (χ2n) is 7.79. The number of rotatable bonds is 5. The van der Waals surface area contributed by atoms with Gasteiger partial charge in [0.15, 0.2) is 5.78 Å². The molecule has 0 N–H and O–H groups in total. The van der Waals surface area contributed by atoms with E-state index in [1.807, 2.05) is 12.1 Å². The third kappa shape index (κ3) is 2.94. The van der Waals surface area contributed by atoms with Crippen LogP contribution in [0.4, 0.5) is 5.69 Å². The molecule has 0 aromatic heterocycles. The van der Waals surface area contributed by atoms with E-state index >= 15 is 0 Å². The second-order valence-corrected chi connectivity index (χ2v) is 7.79. The number of ether oxygens (including phenoxy) is 3. The Labute approximate surface area is 169 Å². The van der Waals surface area contributed by atoms with Crippen molar-refractivity contribution in [1.29, 1.82) is 0 Å². The van der Waals surface area contributed by atoms with Crippen molar-refractivity contribution in [2.24, 2.45) is 5.92 Å². The second kappa shape index (κ2) is 6.97. The van der Waals surface area contributed by atoms with Crippen LogP contribution in [0, 0.1) is 5.92 Å². The molecule has 2 aromatic rings. The van der Waals surface area contributed by atoms with Crippen molar-refractivity contribution in [2.75, 3.05) is 31.8 Å². The average molecular weight is 393 g/mol. The van der Waals surface area contributed by atoms with Crippen molar-refractivity contribution >= 4 is 17.4 Å². The molecule has 6 heteroatoms. The summed E-state index contributed by atoms with van der Waals surface area (Å²) in [7, 11) is 1.54. The van der Waals surface area contributed by atoms with Gasteiger partial charge in [-0.2, -0.15) is 0 Å². The molecule has 5 rings (SSSR count). The van der Waals surface area contributed by atoms with Crippen LogP contribution in [-0.4, -0.2) is 38.6 Å². The number of hydrogen-bond donors (Lipinski definition) is 0. The molecule has 3 aliphatic rings. The fourth-order valence-electron chi connectivity index (χ4n) is 4.12. The van der Waals surface area contributed by atoms with Gasteiger partial charge in [0.2, 0.25) is 0 Å². The van der Waals surface area contributed by atoms with Gasteiger partial charge in [0.05, 0.1) is 31.6 Å². The number of ketones is 1. The summed E-state index contributed by atoms with van der Waals surface area (Å²) in [5.74, 6) is -0.727. The van der Waals surface area contributed by atoms with Gasteiger partial charge in [-0.25, -0.2) is 0 Å². The van der Waals surface area contributed by atoms with Crippen molar-refractivity contribution in [3.05, 3.63) is 59.2 Å². The molecule has 2 aliphatic heterocycles. The van der Waals surface area contributed by atoms with Crippen molar-refractivity contribution in [3.63, 3.8) is 0 Å². The van der Waals surface area contributed by atoms with E-state index in [0.29, 0.717) is 48.1 Å². The smallest absolute Gasteiger partial charge is 0.292 e. The summed E-state index contributed by atoms with van der Waals surface area (Å²) in [6.45, 7) is 1.57. The van der Waals surface area contributed by atoms with E-state index in [2.05, 4.69) is 0 Å². The number of para-hydroxylation sites is 1. The molecule has 1 saturated heterocycles. The number of fused-ring (bicyclic) bond motifs is 2. The minimum Gasteiger partial charge on any atom is -0.496 e. The largest absolute Gasteiger partial charge is 0.496 e. The maximum absolute atomic E-state index is 13.3. The van der Waals surface area contributed by atoms with Crippen LogP contribution in [0.5, 0.6) is 5.75 Å². The van der Waals surface area contributed by atoms with Crippen LogP contribution < -0.4 is 9.64 Å². The van der Waals surface area contributed by atoms with Crippen LogP contribution in [0.25, 0.3) is 0 Å². The molecule has 2 fully saturated rings. The van der Waals surface area contributed by atoms with Gasteiger partial charge in [0, 0.05) is 17.7 Å². The molecule has 29 heavy (non-hydrogen) atoms. The average Bonchev–Trinajstić information content (AvgIpc) is 3.57. The number of carbonyl (C=O) groups excluding carboxylic acids is 2. The van der Waals surface area contributed by atoms with E-state index in [0.717, 1.165) is 24.9 Å². The van der Waals surface area contributed by atoms with Gasteiger partial charge < -0.3 is 19.1 Å². The molecule has 0 atom stereocenters. The maximum atomic E-state index is 13.3. The zero-order valence-corrected chi connectivity index (χ0v) is 16.3. The predicted molar refractivity (Wildman–Crippen MR) is 106 cm³/mol. The Balaban J connectivity index is 1.58. The lowest BCUT2D eigenvalue weighted by molar-refractivity contribution is -0.256. The van der Waals surface area contributed by atoms with Crippen LogP contribution in [-0.2, 0) is 20.1 Å². The molecule has 1 saturated carbocycles. The first-order valence-electron chi connectivity index (χ1n) is 10.1. The predicted octanol–water partition coefficient (Wildman–Crippen LogP) is 3.27.